The summed E-state index contributed by atoms with van der Waals surface area (Å²) in [6.45, 7) is 0.458. The maximum absolute atomic E-state index is 11.9. The van der Waals surface area contributed by atoms with Crippen LogP contribution in [0.15, 0.2) is 0 Å². The molecule has 2 aliphatic rings. The number of rotatable bonds is 3. The van der Waals surface area contributed by atoms with E-state index >= 15 is 0 Å². The van der Waals surface area contributed by atoms with E-state index in [0.717, 1.165) is 0 Å². The van der Waals surface area contributed by atoms with Crippen molar-refractivity contribution in [2.24, 2.45) is 11.8 Å². The second-order valence-corrected chi connectivity index (χ2v) is 5.23. The van der Waals surface area contributed by atoms with E-state index in [1.165, 1.54) is 0 Å². The summed E-state index contributed by atoms with van der Waals surface area (Å²) >= 11 is 0. The van der Waals surface area contributed by atoms with Crippen molar-refractivity contribution in [3.05, 3.63) is 0 Å². The van der Waals surface area contributed by atoms with Gasteiger partial charge in [-0.3, -0.25) is 14.4 Å². The van der Waals surface area contributed by atoms with Crippen LogP contribution in [0.1, 0.15) is 25.7 Å². The molecular formula is C12H18N2O4. The molecular weight excluding hydrogens is 236 g/mol. The van der Waals surface area contributed by atoms with Gasteiger partial charge >= 0.3 is 5.97 Å². The number of carbonyl (C=O) groups is 3. The highest BCUT2D eigenvalue weighted by molar-refractivity contribution is 5.89. The van der Waals surface area contributed by atoms with Crippen LogP contribution >= 0.6 is 0 Å². The first kappa shape index (κ1) is 12.9. The molecule has 1 aliphatic heterocycles. The first-order valence-corrected chi connectivity index (χ1v) is 6.24. The number of carboxylic acid groups (broad SMARTS) is 1. The molecule has 0 radical (unpaired) electrons. The van der Waals surface area contributed by atoms with Gasteiger partial charge in [-0.05, 0) is 19.3 Å². The second-order valence-electron chi connectivity index (χ2n) is 5.23. The molecule has 0 spiro atoms. The predicted octanol–water partition coefficient (Wildman–Crippen LogP) is -0.166. The van der Waals surface area contributed by atoms with Crippen molar-refractivity contribution in [1.82, 2.24) is 10.2 Å². The number of carbonyl (C=O) groups excluding carboxylic acids is 2. The maximum atomic E-state index is 11.9. The Labute approximate surface area is 105 Å². The van der Waals surface area contributed by atoms with E-state index in [4.69, 9.17) is 5.11 Å². The Hall–Kier alpha value is -1.59. The predicted molar refractivity (Wildman–Crippen MR) is 62.7 cm³/mol. The van der Waals surface area contributed by atoms with Crippen molar-refractivity contribution in [3.8, 4) is 0 Å². The first-order chi connectivity index (χ1) is 8.47. The smallest absolute Gasteiger partial charge is 0.306 e. The van der Waals surface area contributed by atoms with Gasteiger partial charge < -0.3 is 15.3 Å². The van der Waals surface area contributed by atoms with Crippen molar-refractivity contribution in [2.75, 3.05) is 13.6 Å². The number of amides is 2. The van der Waals surface area contributed by atoms with E-state index in [-0.39, 0.29) is 36.1 Å². The molecule has 1 saturated heterocycles. The van der Waals surface area contributed by atoms with Crippen LogP contribution < -0.4 is 5.32 Å². The SMILES string of the molecule is CN1CC(C(=O)N[C@H]2CC[C@@H](C(=O)O)C2)CC1=O. The van der Waals surface area contributed by atoms with Gasteiger partial charge in [0.2, 0.25) is 11.8 Å². The van der Waals surface area contributed by atoms with Crippen LogP contribution in [0.25, 0.3) is 0 Å². The summed E-state index contributed by atoms with van der Waals surface area (Å²) in [6, 6.07) is -0.0559. The molecule has 0 aromatic carbocycles. The van der Waals surface area contributed by atoms with E-state index in [1.54, 1.807) is 11.9 Å². The van der Waals surface area contributed by atoms with Crippen LogP contribution in [0, 0.1) is 11.8 Å². The normalized spacial score (nSPS) is 31.7. The van der Waals surface area contributed by atoms with Crippen molar-refractivity contribution in [1.29, 1.82) is 0 Å². The third-order valence-corrected chi connectivity index (χ3v) is 3.84. The third kappa shape index (κ3) is 2.63. The van der Waals surface area contributed by atoms with Gasteiger partial charge in [-0.1, -0.05) is 0 Å². The van der Waals surface area contributed by atoms with Crippen molar-refractivity contribution in [3.63, 3.8) is 0 Å². The average Bonchev–Trinajstić information content (AvgIpc) is 2.87. The molecule has 1 unspecified atom stereocenters. The lowest BCUT2D eigenvalue weighted by Gasteiger charge is -2.15. The Morgan fingerprint density at radius 1 is 1.33 bits per heavy atom. The first-order valence-electron chi connectivity index (χ1n) is 6.24. The van der Waals surface area contributed by atoms with Gasteiger partial charge in [0.15, 0.2) is 0 Å². The fourth-order valence-electron chi connectivity index (χ4n) is 2.70. The molecule has 6 heteroatoms. The van der Waals surface area contributed by atoms with Gasteiger partial charge in [0.05, 0.1) is 11.8 Å². The Bertz CT molecular complexity index is 382. The Morgan fingerprint density at radius 2 is 2.06 bits per heavy atom. The number of nitrogens with zero attached hydrogens (tertiary/aromatic N) is 1. The number of likely N-dealkylation sites (tertiary alicyclic amines) is 1. The topological polar surface area (TPSA) is 86.7 Å². The van der Waals surface area contributed by atoms with E-state index in [2.05, 4.69) is 5.32 Å². The molecule has 2 N–H and O–H groups in total. The minimum absolute atomic E-state index is 0.00927. The van der Waals surface area contributed by atoms with Gasteiger partial charge in [0.25, 0.3) is 0 Å². The minimum atomic E-state index is -0.789. The summed E-state index contributed by atoms with van der Waals surface area (Å²) < 4.78 is 0. The zero-order valence-corrected chi connectivity index (χ0v) is 10.4. The molecule has 1 saturated carbocycles. The lowest BCUT2D eigenvalue weighted by Crippen LogP contribution is -2.38. The molecule has 6 nitrogen and oxygen atoms in total. The van der Waals surface area contributed by atoms with Crippen LogP contribution in [0.3, 0.4) is 0 Å². The number of carboxylic acids is 1. The summed E-state index contributed by atoms with van der Waals surface area (Å²) in [5, 5.41) is 11.7. The van der Waals surface area contributed by atoms with Crippen molar-refractivity contribution < 1.29 is 19.5 Å². The molecule has 3 atom stereocenters. The van der Waals surface area contributed by atoms with Crippen molar-refractivity contribution in [2.45, 2.75) is 31.7 Å². The van der Waals surface area contributed by atoms with Crippen LogP contribution in [-0.4, -0.2) is 47.4 Å². The molecule has 1 heterocycles. The van der Waals surface area contributed by atoms with Crippen LogP contribution in [-0.2, 0) is 14.4 Å². The average molecular weight is 254 g/mol. The number of aliphatic carboxylic acids is 1. The quantitative estimate of drug-likeness (QED) is 0.732. The summed E-state index contributed by atoms with van der Waals surface area (Å²) in [5.74, 6) is -1.55. The Balaban J connectivity index is 1.82. The van der Waals surface area contributed by atoms with Gasteiger partial charge in [0.1, 0.15) is 0 Å². The Kier molecular flexibility index (Phi) is 3.54. The number of hydrogen-bond donors (Lipinski definition) is 2. The lowest BCUT2D eigenvalue weighted by molar-refractivity contribution is -0.141. The summed E-state index contributed by atoms with van der Waals surface area (Å²) in [5.41, 5.74) is 0. The second kappa shape index (κ2) is 4.96. The largest absolute Gasteiger partial charge is 0.481 e. The van der Waals surface area contributed by atoms with E-state index in [9.17, 15) is 14.4 Å². The summed E-state index contributed by atoms with van der Waals surface area (Å²) in [6.07, 6.45) is 2.08. The molecule has 18 heavy (non-hydrogen) atoms. The third-order valence-electron chi connectivity index (χ3n) is 3.84. The maximum Gasteiger partial charge on any atom is 0.306 e. The zero-order chi connectivity index (χ0) is 13.3. The monoisotopic (exact) mass is 254 g/mol. The Morgan fingerprint density at radius 3 is 2.56 bits per heavy atom. The van der Waals surface area contributed by atoms with E-state index in [1.807, 2.05) is 0 Å². The van der Waals surface area contributed by atoms with Gasteiger partial charge in [-0.15, -0.1) is 0 Å². The van der Waals surface area contributed by atoms with Gasteiger partial charge in [-0.2, -0.15) is 0 Å². The van der Waals surface area contributed by atoms with Crippen molar-refractivity contribution >= 4 is 17.8 Å². The summed E-state index contributed by atoms with van der Waals surface area (Å²) in [4.78, 5) is 35.6. The fourth-order valence-corrected chi connectivity index (χ4v) is 2.70. The molecule has 2 amide bonds. The number of nitrogens with one attached hydrogen (secondary N) is 1. The fraction of sp³-hybridized carbons (Fsp3) is 0.750. The molecule has 2 rings (SSSR count). The van der Waals surface area contributed by atoms with Crippen LogP contribution in [0.5, 0.6) is 0 Å². The highest BCUT2D eigenvalue weighted by Crippen LogP contribution is 2.26. The summed E-state index contributed by atoms with van der Waals surface area (Å²) in [7, 11) is 1.69. The molecule has 0 aromatic heterocycles. The number of hydrogen-bond acceptors (Lipinski definition) is 3. The molecule has 0 bridgehead atoms. The molecule has 100 valence electrons. The van der Waals surface area contributed by atoms with E-state index in [0.29, 0.717) is 25.8 Å². The highest BCUT2D eigenvalue weighted by Gasteiger charge is 2.35. The standard InChI is InChI=1S/C12H18N2O4/c1-14-6-8(5-10(14)15)11(16)13-9-3-2-7(4-9)12(17)18/h7-9H,2-6H2,1H3,(H,13,16)(H,17,18)/t7-,8?,9+/m1/s1. The van der Waals surface area contributed by atoms with Gasteiger partial charge in [-0.25, -0.2) is 0 Å². The zero-order valence-electron chi connectivity index (χ0n) is 10.4. The van der Waals surface area contributed by atoms with Crippen LogP contribution in [0.2, 0.25) is 0 Å². The lowest BCUT2D eigenvalue weighted by atomic mass is 10.1. The van der Waals surface area contributed by atoms with Gasteiger partial charge in [0, 0.05) is 26.1 Å². The van der Waals surface area contributed by atoms with Crippen LogP contribution in [0.4, 0.5) is 0 Å². The molecule has 0 aromatic rings. The minimum Gasteiger partial charge on any atom is -0.481 e. The molecule has 2 fully saturated rings. The highest BCUT2D eigenvalue weighted by atomic mass is 16.4. The van der Waals surface area contributed by atoms with E-state index < -0.39 is 5.97 Å². The molecule has 1 aliphatic carbocycles.